The van der Waals surface area contributed by atoms with E-state index in [9.17, 15) is 0 Å². The van der Waals surface area contributed by atoms with Crippen LogP contribution < -0.4 is 5.32 Å². The van der Waals surface area contributed by atoms with Gasteiger partial charge in [-0.3, -0.25) is 0 Å². The lowest BCUT2D eigenvalue weighted by Crippen LogP contribution is -2.25. The molecule has 0 spiro atoms. The molecule has 0 radical (unpaired) electrons. The van der Waals surface area contributed by atoms with Crippen LogP contribution in [-0.2, 0) is 11.3 Å². The Morgan fingerprint density at radius 2 is 2.40 bits per heavy atom. The van der Waals surface area contributed by atoms with Gasteiger partial charge in [-0.25, -0.2) is 0 Å². The van der Waals surface area contributed by atoms with Gasteiger partial charge < -0.3 is 14.5 Å². The molecule has 1 fully saturated rings. The standard InChI is InChI=1S/C12H19NO2/c1-2-8-14-11(4-1)6-7-13-10-12-5-3-9-15-12/h3,5,9,11,13H,1-2,4,6-8,10H2. The van der Waals surface area contributed by atoms with Crippen LogP contribution in [-0.4, -0.2) is 19.3 Å². The Morgan fingerprint density at radius 3 is 3.13 bits per heavy atom. The quantitative estimate of drug-likeness (QED) is 0.756. The fourth-order valence-electron chi connectivity index (χ4n) is 1.92. The molecule has 1 atom stereocenters. The maximum Gasteiger partial charge on any atom is 0.117 e. The molecular formula is C12H19NO2. The molecule has 84 valence electrons. The molecular weight excluding hydrogens is 190 g/mol. The van der Waals surface area contributed by atoms with Crippen molar-refractivity contribution < 1.29 is 9.15 Å². The molecule has 1 aromatic heterocycles. The van der Waals surface area contributed by atoms with Crippen LogP contribution in [0, 0.1) is 0 Å². The highest BCUT2D eigenvalue weighted by atomic mass is 16.5. The van der Waals surface area contributed by atoms with Gasteiger partial charge >= 0.3 is 0 Å². The van der Waals surface area contributed by atoms with Crippen molar-refractivity contribution in [3.8, 4) is 0 Å². The van der Waals surface area contributed by atoms with E-state index in [1.54, 1.807) is 6.26 Å². The third-order valence-electron chi connectivity index (χ3n) is 2.80. The number of hydrogen-bond donors (Lipinski definition) is 1. The summed E-state index contributed by atoms with van der Waals surface area (Å²) >= 11 is 0. The zero-order valence-corrected chi connectivity index (χ0v) is 9.08. The summed E-state index contributed by atoms with van der Waals surface area (Å²) in [5.41, 5.74) is 0. The van der Waals surface area contributed by atoms with E-state index in [2.05, 4.69) is 5.32 Å². The minimum absolute atomic E-state index is 0.475. The van der Waals surface area contributed by atoms with Gasteiger partial charge in [0.2, 0.25) is 0 Å². The molecule has 0 saturated carbocycles. The van der Waals surface area contributed by atoms with Gasteiger partial charge in [-0.1, -0.05) is 0 Å². The average molecular weight is 209 g/mol. The number of rotatable bonds is 5. The van der Waals surface area contributed by atoms with Crippen molar-refractivity contribution in [2.45, 2.75) is 38.3 Å². The highest BCUT2D eigenvalue weighted by Crippen LogP contribution is 2.14. The lowest BCUT2D eigenvalue weighted by molar-refractivity contribution is 0.0115. The lowest BCUT2D eigenvalue weighted by Gasteiger charge is -2.22. The van der Waals surface area contributed by atoms with E-state index in [0.717, 1.165) is 31.9 Å². The minimum atomic E-state index is 0.475. The predicted octanol–water partition coefficient (Wildman–Crippen LogP) is 2.33. The molecule has 1 aliphatic heterocycles. The summed E-state index contributed by atoms with van der Waals surface area (Å²) in [4.78, 5) is 0. The van der Waals surface area contributed by atoms with E-state index in [0.29, 0.717) is 6.10 Å². The molecule has 0 aromatic carbocycles. The lowest BCUT2D eigenvalue weighted by atomic mass is 10.1. The summed E-state index contributed by atoms with van der Waals surface area (Å²) in [5.74, 6) is 1.000. The number of furan rings is 1. The summed E-state index contributed by atoms with van der Waals surface area (Å²) in [5, 5.41) is 3.36. The predicted molar refractivity (Wildman–Crippen MR) is 58.6 cm³/mol. The van der Waals surface area contributed by atoms with Gasteiger partial charge in [-0.15, -0.1) is 0 Å². The van der Waals surface area contributed by atoms with E-state index < -0.39 is 0 Å². The van der Waals surface area contributed by atoms with Gasteiger partial charge in [-0.05, 0) is 44.4 Å². The Labute approximate surface area is 90.8 Å². The maximum atomic E-state index is 5.65. The van der Waals surface area contributed by atoms with Crippen LogP contribution >= 0.6 is 0 Å². The zero-order valence-electron chi connectivity index (χ0n) is 9.08. The van der Waals surface area contributed by atoms with Crippen LogP contribution in [0.2, 0.25) is 0 Å². The largest absolute Gasteiger partial charge is 0.468 e. The molecule has 1 saturated heterocycles. The Bertz CT molecular complexity index is 253. The van der Waals surface area contributed by atoms with Gasteiger partial charge in [0, 0.05) is 6.61 Å². The second-order valence-electron chi connectivity index (χ2n) is 4.03. The van der Waals surface area contributed by atoms with E-state index in [1.165, 1.54) is 19.3 Å². The molecule has 0 aliphatic carbocycles. The average Bonchev–Trinajstić information content (AvgIpc) is 2.79. The monoisotopic (exact) mass is 209 g/mol. The maximum absolute atomic E-state index is 5.65. The van der Waals surface area contributed by atoms with Crippen LogP contribution in [0.4, 0.5) is 0 Å². The topological polar surface area (TPSA) is 34.4 Å². The molecule has 1 N–H and O–H groups in total. The van der Waals surface area contributed by atoms with Gasteiger partial charge in [0.1, 0.15) is 5.76 Å². The van der Waals surface area contributed by atoms with Crippen molar-refractivity contribution in [3.05, 3.63) is 24.2 Å². The number of ether oxygens (including phenoxy) is 1. The van der Waals surface area contributed by atoms with E-state index in [1.807, 2.05) is 12.1 Å². The highest BCUT2D eigenvalue weighted by Gasteiger charge is 2.12. The highest BCUT2D eigenvalue weighted by molar-refractivity contribution is 4.97. The third kappa shape index (κ3) is 3.68. The molecule has 2 rings (SSSR count). The zero-order chi connectivity index (χ0) is 10.3. The first-order chi connectivity index (χ1) is 7.45. The van der Waals surface area contributed by atoms with Crippen molar-refractivity contribution in [2.24, 2.45) is 0 Å². The van der Waals surface area contributed by atoms with Crippen LogP contribution in [0.5, 0.6) is 0 Å². The Morgan fingerprint density at radius 1 is 1.40 bits per heavy atom. The molecule has 3 heteroatoms. The Hall–Kier alpha value is -0.800. The first kappa shape index (κ1) is 10.7. The number of hydrogen-bond acceptors (Lipinski definition) is 3. The van der Waals surface area contributed by atoms with Crippen LogP contribution in [0.25, 0.3) is 0 Å². The van der Waals surface area contributed by atoms with Crippen LogP contribution in [0.15, 0.2) is 22.8 Å². The first-order valence-corrected chi connectivity index (χ1v) is 5.80. The van der Waals surface area contributed by atoms with E-state index in [4.69, 9.17) is 9.15 Å². The SMILES string of the molecule is c1coc(CNCCC2CCCCO2)c1. The van der Waals surface area contributed by atoms with Crippen LogP contribution in [0.1, 0.15) is 31.4 Å². The Balaban J connectivity index is 1.54. The molecule has 0 bridgehead atoms. The smallest absolute Gasteiger partial charge is 0.117 e. The van der Waals surface area contributed by atoms with E-state index in [-0.39, 0.29) is 0 Å². The summed E-state index contributed by atoms with van der Waals surface area (Å²) in [6.07, 6.45) is 7.08. The van der Waals surface area contributed by atoms with Crippen LogP contribution in [0.3, 0.4) is 0 Å². The first-order valence-electron chi connectivity index (χ1n) is 5.80. The minimum Gasteiger partial charge on any atom is -0.468 e. The van der Waals surface area contributed by atoms with Gasteiger partial charge in [-0.2, -0.15) is 0 Å². The van der Waals surface area contributed by atoms with Crippen molar-refractivity contribution in [2.75, 3.05) is 13.2 Å². The molecule has 1 aliphatic rings. The molecule has 0 amide bonds. The van der Waals surface area contributed by atoms with Crippen molar-refractivity contribution >= 4 is 0 Å². The second kappa shape index (κ2) is 5.93. The third-order valence-corrected chi connectivity index (χ3v) is 2.80. The van der Waals surface area contributed by atoms with Crippen molar-refractivity contribution in [3.63, 3.8) is 0 Å². The second-order valence-corrected chi connectivity index (χ2v) is 4.03. The summed E-state index contributed by atoms with van der Waals surface area (Å²) < 4.78 is 10.9. The van der Waals surface area contributed by atoms with E-state index >= 15 is 0 Å². The molecule has 1 unspecified atom stereocenters. The molecule has 1 aromatic rings. The number of nitrogens with one attached hydrogen (secondary N) is 1. The summed E-state index contributed by atoms with van der Waals surface area (Å²) in [6.45, 7) is 2.77. The van der Waals surface area contributed by atoms with Crippen molar-refractivity contribution in [1.82, 2.24) is 5.32 Å². The molecule has 3 nitrogen and oxygen atoms in total. The van der Waals surface area contributed by atoms with Gasteiger partial charge in [0.25, 0.3) is 0 Å². The molecule has 15 heavy (non-hydrogen) atoms. The van der Waals surface area contributed by atoms with Gasteiger partial charge in [0.15, 0.2) is 0 Å². The fraction of sp³-hybridized carbons (Fsp3) is 0.667. The molecule has 2 heterocycles. The fourth-order valence-corrected chi connectivity index (χ4v) is 1.92. The normalized spacial score (nSPS) is 21.7. The summed E-state index contributed by atoms with van der Waals surface area (Å²) in [6, 6.07) is 3.91. The summed E-state index contributed by atoms with van der Waals surface area (Å²) in [7, 11) is 0. The Kier molecular flexibility index (Phi) is 4.23. The van der Waals surface area contributed by atoms with Crippen molar-refractivity contribution in [1.29, 1.82) is 0 Å². The van der Waals surface area contributed by atoms with Gasteiger partial charge in [0.05, 0.1) is 18.9 Å².